The molecule has 0 amide bonds. The first-order valence-corrected chi connectivity index (χ1v) is 4.41. The molecule has 0 heterocycles. The fourth-order valence-electron chi connectivity index (χ4n) is 0.781. The Hall–Kier alpha value is -1.14. The second-order valence-corrected chi connectivity index (χ2v) is 3.15. The zero-order valence-corrected chi connectivity index (χ0v) is 8.27. The van der Waals surface area contributed by atoms with Crippen LogP contribution in [-0.2, 0) is 4.79 Å². The van der Waals surface area contributed by atoms with Crippen molar-refractivity contribution in [3.63, 3.8) is 0 Å². The Kier molecular flexibility index (Phi) is 3.66. The molecule has 0 radical (unpaired) electrons. The van der Waals surface area contributed by atoms with Crippen LogP contribution < -0.4 is 0 Å². The molecule has 1 nitrogen and oxygen atoms in total. The van der Waals surface area contributed by atoms with Gasteiger partial charge in [0.25, 0.3) is 0 Å². The summed E-state index contributed by atoms with van der Waals surface area (Å²) in [5, 5.41) is 0. The number of aldehydes is 1. The molecule has 0 spiro atoms. The molecule has 0 aromatic heterocycles. The van der Waals surface area contributed by atoms with E-state index in [1.54, 1.807) is 6.07 Å². The van der Waals surface area contributed by atoms with E-state index in [1.165, 1.54) is 12.1 Å². The number of benzene rings is 1. The van der Waals surface area contributed by atoms with Crippen LogP contribution in [0.2, 0.25) is 0 Å². The van der Waals surface area contributed by atoms with Gasteiger partial charge in [0.15, 0.2) is 0 Å². The predicted molar refractivity (Wildman–Crippen MR) is 51.7 cm³/mol. The number of rotatable bonds is 1. The van der Waals surface area contributed by atoms with Crippen molar-refractivity contribution in [1.82, 2.24) is 0 Å². The van der Waals surface area contributed by atoms with Gasteiger partial charge in [0.1, 0.15) is 12.1 Å². The average molecular weight is 241 g/mol. The second kappa shape index (κ2) is 4.78. The van der Waals surface area contributed by atoms with Gasteiger partial charge in [0, 0.05) is 10.0 Å². The minimum absolute atomic E-state index is 0.170. The predicted octanol–water partition coefficient (Wildman–Crippen LogP) is 2.53. The molecule has 1 aromatic rings. The zero-order valence-electron chi connectivity index (χ0n) is 6.68. The summed E-state index contributed by atoms with van der Waals surface area (Å²) in [6.45, 7) is 0. The number of carbonyl (C=O) groups is 1. The van der Waals surface area contributed by atoms with Crippen molar-refractivity contribution in [3.05, 3.63) is 34.1 Å². The van der Waals surface area contributed by atoms with E-state index in [4.69, 9.17) is 0 Å². The summed E-state index contributed by atoms with van der Waals surface area (Å²) in [5.41, 5.74) is 0.557. The highest BCUT2D eigenvalue weighted by molar-refractivity contribution is 9.10. The summed E-state index contributed by atoms with van der Waals surface area (Å²) < 4.78 is 13.4. The lowest BCUT2D eigenvalue weighted by molar-refractivity contribution is -0.107. The largest absolute Gasteiger partial charge is 0.302 e. The lowest BCUT2D eigenvalue weighted by Crippen LogP contribution is -1.80. The van der Waals surface area contributed by atoms with E-state index in [1.807, 2.05) is 0 Å². The molecule has 0 aliphatic rings. The van der Waals surface area contributed by atoms with E-state index < -0.39 is 0 Å². The zero-order chi connectivity index (χ0) is 9.68. The third-order valence-electron chi connectivity index (χ3n) is 1.34. The maximum atomic E-state index is 12.7. The smallest absolute Gasteiger partial charge is 0.131 e. The number of halogens is 2. The molecule has 0 saturated carbocycles. The maximum absolute atomic E-state index is 12.7. The fourth-order valence-corrected chi connectivity index (χ4v) is 1.13. The van der Waals surface area contributed by atoms with Crippen LogP contribution in [0.4, 0.5) is 4.39 Å². The van der Waals surface area contributed by atoms with E-state index in [-0.39, 0.29) is 12.2 Å². The monoisotopic (exact) mass is 240 g/mol. The van der Waals surface area contributed by atoms with E-state index >= 15 is 0 Å². The third kappa shape index (κ3) is 3.00. The maximum Gasteiger partial charge on any atom is 0.131 e. The van der Waals surface area contributed by atoms with Crippen molar-refractivity contribution in [2.24, 2.45) is 0 Å². The van der Waals surface area contributed by atoms with Crippen molar-refractivity contribution in [3.8, 4) is 11.8 Å². The van der Waals surface area contributed by atoms with Gasteiger partial charge in [-0.3, -0.25) is 0 Å². The Morgan fingerprint density at radius 2 is 2.31 bits per heavy atom. The summed E-state index contributed by atoms with van der Waals surface area (Å²) >= 11 is 3.23. The topological polar surface area (TPSA) is 17.1 Å². The van der Waals surface area contributed by atoms with Gasteiger partial charge >= 0.3 is 0 Å². The molecule has 1 rings (SSSR count). The van der Waals surface area contributed by atoms with Crippen LogP contribution in [0.25, 0.3) is 0 Å². The Morgan fingerprint density at radius 1 is 1.54 bits per heavy atom. The molecule has 13 heavy (non-hydrogen) atoms. The van der Waals surface area contributed by atoms with Crippen LogP contribution in [0.15, 0.2) is 22.7 Å². The Morgan fingerprint density at radius 3 is 3.00 bits per heavy atom. The highest BCUT2D eigenvalue weighted by Gasteiger charge is 1.97. The van der Waals surface area contributed by atoms with Crippen molar-refractivity contribution >= 4 is 22.2 Å². The molecule has 0 bridgehead atoms. The van der Waals surface area contributed by atoms with Crippen LogP contribution in [0, 0.1) is 17.7 Å². The van der Waals surface area contributed by atoms with Gasteiger partial charge in [0.2, 0.25) is 0 Å². The van der Waals surface area contributed by atoms with Crippen LogP contribution in [0.5, 0.6) is 0 Å². The minimum Gasteiger partial charge on any atom is -0.302 e. The fraction of sp³-hybridized carbons (Fsp3) is 0.100. The molecule has 0 fully saturated rings. The van der Waals surface area contributed by atoms with Gasteiger partial charge in [-0.05, 0) is 34.1 Å². The van der Waals surface area contributed by atoms with Gasteiger partial charge in [-0.1, -0.05) is 11.8 Å². The van der Waals surface area contributed by atoms with Gasteiger partial charge in [0.05, 0.1) is 6.42 Å². The Balaban J connectivity index is 2.95. The van der Waals surface area contributed by atoms with Crippen molar-refractivity contribution in [2.45, 2.75) is 6.42 Å². The van der Waals surface area contributed by atoms with Crippen LogP contribution in [0.3, 0.4) is 0 Å². The summed E-state index contributed by atoms with van der Waals surface area (Å²) in [4.78, 5) is 9.96. The molecule has 0 atom stereocenters. The molecular formula is C10H6BrFO. The molecule has 0 N–H and O–H groups in total. The molecule has 0 saturated heterocycles. The first kappa shape index (κ1) is 9.94. The van der Waals surface area contributed by atoms with Gasteiger partial charge < -0.3 is 4.79 Å². The van der Waals surface area contributed by atoms with Crippen LogP contribution >= 0.6 is 15.9 Å². The van der Waals surface area contributed by atoms with Crippen LogP contribution in [-0.4, -0.2) is 6.29 Å². The number of hydrogen-bond donors (Lipinski definition) is 0. The van der Waals surface area contributed by atoms with E-state index in [0.29, 0.717) is 11.8 Å². The number of hydrogen-bond acceptors (Lipinski definition) is 1. The summed E-state index contributed by atoms with van der Waals surface area (Å²) in [7, 11) is 0. The SMILES string of the molecule is O=CCC#Cc1cc(F)ccc1Br. The minimum atomic E-state index is -0.335. The molecule has 0 aliphatic carbocycles. The normalized spacial score (nSPS) is 8.77. The van der Waals surface area contributed by atoms with Crippen molar-refractivity contribution in [2.75, 3.05) is 0 Å². The molecule has 1 aromatic carbocycles. The summed E-state index contributed by atoms with van der Waals surface area (Å²) in [6, 6.07) is 4.25. The highest BCUT2D eigenvalue weighted by Crippen LogP contribution is 2.16. The van der Waals surface area contributed by atoms with Crippen molar-refractivity contribution < 1.29 is 9.18 Å². The molecule has 0 unspecified atom stereocenters. The van der Waals surface area contributed by atoms with Gasteiger partial charge in [-0.2, -0.15) is 0 Å². The summed E-state index contributed by atoms with van der Waals surface area (Å²) in [5.74, 6) is 4.96. The second-order valence-electron chi connectivity index (χ2n) is 2.30. The van der Waals surface area contributed by atoms with E-state index in [9.17, 15) is 9.18 Å². The third-order valence-corrected chi connectivity index (χ3v) is 2.03. The average Bonchev–Trinajstić information content (AvgIpc) is 2.11. The van der Waals surface area contributed by atoms with E-state index in [2.05, 4.69) is 27.8 Å². The Labute approximate surface area is 84.1 Å². The highest BCUT2D eigenvalue weighted by atomic mass is 79.9. The van der Waals surface area contributed by atoms with Crippen LogP contribution in [0.1, 0.15) is 12.0 Å². The Bertz CT molecular complexity index is 376. The molecular weight excluding hydrogens is 235 g/mol. The first-order valence-electron chi connectivity index (χ1n) is 3.61. The van der Waals surface area contributed by atoms with Crippen molar-refractivity contribution in [1.29, 1.82) is 0 Å². The van der Waals surface area contributed by atoms with Gasteiger partial charge in [-0.25, -0.2) is 4.39 Å². The lowest BCUT2D eigenvalue weighted by Gasteiger charge is -1.94. The van der Waals surface area contributed by atoms with E-state index in [0.717, 1.165) is 4.47 Å². The standard InChI is InChI=1S/C10H6BrFO/c11-10-5-4-9(12)7-8(10)3-1-2-6-13/h4-7H,2H2. The number of carbonyl (C=O) groups excluding carboxylic acids is 1. The van der Waals surface area contributed by atoms with Gasteiger partial charge in [-0.15, -0.1) is 0 Å². The first-order chi connectivity index (χ1) is 6.24. The summed E-state index contributed by atoms with van der Waals surface area (Å²) in [6.07, 6.45) is 0.878. The molecule has 0 aliphatic heterocycles. The molecule has 66 valence electrons. The molecule has 3 heteroatoms. The quantitative estimate of drug-likeness (QED) is 0.545. The lowest BCUT2D eigenvalue weighted by atomic mass is 10.2.